The molecule has 0 fully saturated rings. The van der Waals surface area contributed by atoms with Gasteiger partial charge in [0.1, 0.15) is 25.6 Å². The van der Waals surface area contributed by atoms with Crippen molar-refractivity contribution in [1.82, 2.24) is 15.0 Å². The maximum Gasteiger partial charge on any atom is 0.311 e. The van der Waals surface area contributed by atoms with E-state index >= 15 is 0 Å². The number of esters is 3. The van der Waals surface area contributed by atoms with Crippen molar-refractivity contribution < 1.29 is 47.6 Å². The normalized spacial score (nSPS) is 12.4. The average molecular weight is 884 g/mol. The number of unbranched alkanes of at least 4 members (excludes halogenated alkanes) is 2. The molecule has 0 N–H and O–H groups in total. The molecule has 0 bridgehead atoms. The number of hydrogen-bond acceptors (Lipinski definition) is 12. The van der Waals surface area contributed by atoms with Crippen molar-refractivity contribution in [1.29, 1.82) is 0 Å². The van der Waals surface area contributed by atoms with Crippen molar-refractivity contribution >= 4 is 23.7 Å². The topological polar surface area (TPSA) is 154 Å². The van der Waals surface area contributed by atoms with Gasteiger partial charge in [-0.15, -0.1) is 5.10 Å². The number of Topliss-reactive ketones (excluding diaryl/α,β-unsaturated/α-hetero) is 1. The fourth-order valence-corrected chi connectivity index (χ4v) is 4.61. The third-order valence-electron chi connectivity index (χ3n) is 8.93. The van der Waals surface area contributed by atoms with Gasteiger partial charge in [0, 0.05) is 37.7 Å². The fourth-order valence-electron chi connectivity index (χ4n) is 4.61. The first-order valence-corrected chi connectivity index (χ1v) is 22.9. The summed E-state index contributed by atoms with van der Waals surface area (Å²) in [5, 5.41) is 8.07. The van der Waals surface area contributed by atoms with E-state index in [0.29, 0.717) is 69.2 Å². The lowest BCUT2D eigenvalue weighted by atomic mass is 9.86. The molecule has 364 valence electrons. The van der Waals surface area contributed by atoms with Gasteiger partial charge in [-0.25, -0.2) is 4.68 Å². The van der Waals surface area contributed by atoms with Crippen LogP contribution in [0.25, 0.3) is 0 Å². The van der Waals surface area contributed by atoms with Crippen LogP contribution in [0.2, 0.25) is 0 Å². The maximum atomic E-state index is 11.8. The quantitative estimate of drug-likeness (QED) is 0.0551. The van der Waals surface area contributed by atoms with E-state index in [0.717, 1.165) is 38.0 Å². The molecular weight excluding hydrogens is 791 g/mol. The predicted molar refractivity (Wildman–Crippen MR) is 248 cm³/mol. The summed E-state index contributed by atoms with van der Waals surface area (Å²) in [7, 11) is 0. The van der Waals surface area contributed by atoms with Crippen LogP contribution in [0, 0.1) is 32.5 Å². The van der Waals surface area contributed by atoms with Crippen LogP contribution in [0.4, 0.5) is 0 Å². The number of hydrogen-bond donors (Lipinski definition) is 0. The summed E-state index contributed by atoms with van der Waals surface area (Å²) in [6.45, 7) is 41.2. The molecule has 0 aliphatic carbocycles. The third kappa shape index (κ3) is 39.9. The van der Waals surface area contributed by atoms with Crippen molar-refractivity contribution in [3.8, 4) is 0 Å². The van der Waals surface area contributed by atoms with Gasteiger partial charge in [0.05, 0.1) is 55.9 Å². The largest absolute Gasteiger partial charge is 0.463 e. The van der Waals surface area contributed by atoms with E-state index in [1.807, 2.05) is 62.3 Å². The van der Waals surface area contributed by atoms with Crippen molar-refractivity contribution in [3.05, 3.63) is 11.9 Å². The van der Waals surface area contributed by atoms with E-state index in [4.69, 9.17) is 28.4 Å². The van der Waals surface area contributed by atoms with E-state index in [-0.39, 0.29) is 48.4 Å². The van der Waals surface area contributed by atoms with Gasteiger partial charge >= 0.3 is 17.9 Å². The molecule has 0 aliphatic rings. The zero-order valence-electron chi connectivity index (χ0n) is 42.9. The molecule has 0 saturated carbocycles. The number of ketones is 1. The lowest BCUT2D eigenvalue weighted by Crippen LogP contribution is -2.24. The van der Waals surface area contributed by atoms with Crippen molar-refractivity contribution in [3.63, 3.8) is 0 Å². The van der Waals surface area contributed by atoms with Gasteiger partial charge in [-0.05, 0) is 83.5 Å². The minimum Gasteiger partial charge on any atom is -0.463 e. The minimum atomic E-state index is -0.511. The van der Waals surface area contributed by atoms with Gasteiger partial charge in [0.15, 0.2) is 0 Å². The van der Waals surface area contributed by atoms with Crippen LogP contribution in [-0.2, 0) is 60.6 Å². The zero-order chi connectivity index (χ0) is 48.3. The Kier molecular flexibility index (Phi) is 29.9. The first-order valence-electron chi connectivity index (χ1n) is 22.9. The lowest BCUT2D eigenvalue weighted by molar-refractivity contribution is -0.155. The molecule has 1 aromatic heterocycles. The molecule has 0 atom stereocenters. The molecule has 0 spiro atoms. The molecule has 13 nitrogen and oxygen atoms in total. The van der Waals surface area contributed by atoms with E-state index in [1.165, 1.54) is 19.3 Å². The Morgan fingerprint density at radius 3 is 1.34 bits per heavy atom. The highest BCUT2D eigenvalue weighted by Crippen LogP contribution is 2.24. The molecule has 0 unspecified atom stereocenters. The number of carbonyl (C=O) groups excluding carboxylic acids is 4. The standard InChI is InChI=1S/C22H39N3O6.C14H28O.C13H26O3/c1-21(2,3)9-11-28-13-15-30-19(26)8-7-18-17-25(24-23-18)10-12-29-14-16-31-20(27)22(4,5)6;1-13(2,3)11-9-7-8-10-12(15)14(4,5)6;1-12(2,3)7-8-15-9-10-16-11(14)13(4,5)6/h17H,7-16H2,1-6H3;7-11H2,1-6H3;7-10H2,1-6H3. The molecule has 62 heavy (non-hydrogen) atoms. The number of aryl methyl sites for hydroxylation is 1. The van der Waals surface area contributed by atoms with Crippen molar-refractivity contribution in [2.75, 3.05) is 59.5 Å². The maximum absolute atomic E-state index is 11.8. The summed E-state index contributed by atoms with van der Waals surface area (Å²) in [6.07, 6.45) is 10.00. The first kappa shape index (κ1) is 61.2. The summed E-state index contributed by atoms with van der Waals surface area (Å²) in [4.78, 5) is 46.4. The number of aromatic nitrogens is 3. The van der Waals surface area contributed by atoms with Gasteiger partial charge in [-0.3, -0.25) is 19.2 Å². The third-order valence-corrected chi connectivity index (χ3v) is 8.93. The second-order valence-corrected chi connectivity index (χ2v) is 22.7. The molecule has 1 aromatic rings. The van der Waals surface area contributed by atoms with Crippen molar-refractivity contribution in [2.45, 2.75) is 189 Å². The predicted octanol–water partition coefficient (Wildman–Crippen LogP) is 10.4. The van der Waals surface area contributed by atoms with Crippen molar-refractivity contribution in [2.24, 2.45) is 32.5 Å². The van der Waals surface area contributed by atoms with Gasteiger partial charge in [0.2, 0.25) is 0 Å². The monoisotopic (exact) mass is 884 g/mol. The van der Waals surface area contributed by atoms with Gasteiger partial charge in [-0.1, -0.05) is 101 Å². The summed E-state index contributed by atoms with van der Waals surface area (Å²) in [5.74, 6) is -0.295. The van der Waals surface area contributed by atoms with E-state index in [9.17, 15) is 19.2 Å². The Balaban J connectivity index is 0. The van der Waals surface area contributed by atoms with Crippen LogP contribution in [0.15, 0.2) is 6.20 Å². The molecule has 0 amide bonds. The van der Waals surface area contributed by atoms with Crippen LogP contribution in [0.3, 0.4) is 0 Å². The molecule has 0 aliphatic heterocycles. The molecule has 0 radical (unpaired) electrons. The Bertz CT molecular complexity index is 1360. The Labute approximate surface area is 378 Å². The summed E-state index contributed by atoms with van der Waals surface area (Å²) in [6, 6.07) is 0. The molecule has 0 aromatic carbocycles. The smallest absolute Gasteiger partial charge is 0.311 e. The number of rotatable bonds is 24. The number of ether oxygens (including phenoxy) is 6. The van der Waals surface area contributed by atoms with Crippen LogP contribution in [-0.4, -0.2) is 98.1 Å². The Morgan fingerprint density at radius 2 is 0.919 bits per heavy atom. The SMILES string of the molecule is CC(C)(C)CCCCCC(=O)C(C)(C)C.CC(C)(C)CCOCCOC(=O)C(C)(C)C.CC(C)(C)CCOCCOC(=O)CCc1cn(CCOCCOC(=O)C(C)(C)C)nn1. The molecule has 0 saturated heterocycles. The van der Waals surface area contributed by atoms with Crippen LogP contribution in [0.5, 0.6) is 0 Å². The second-order valence-electron chi connectivity index (χ2n) is 22.7. The van der Waals surface area contributed by atoms with Crippen LogP contribution < -0.4 is 0 Å². The van der Waals surface area contributed by atoms with Gasteiger partial charge in [-0.2, -0.15) is 0 Å². The summed E-state index contributed by atoms with van der Waals surface area (Å²) in [5.41, 5.74) is 0.605. The number of nitrogens with zero attached hydrogens (tertiary/aromatic N) is 3. The highest BCUT2D eigenvalue weighted by atomic mass is 16.6. The molecule has 13 heteroatoms. The van der Waals surface area contributed by atoms with Crippen LogP contribution in [0.1, 0.15) is 182 Å². The lowest BCUT2D eigenvalue weighted by Gasteiger charge is -2.18. The van der Waals surface area contributed by atoms with Gasteiger partial charge < -0.3 is 28.4 Å². The Hall–Kier alpha value is -2.90. The number of carbonyl (C=O) groups is 4. The first-order chi connectivity index (χ1) is 28.2. The molecule has 1 heterocycles. The highest BCUT2D eigenvalue weighted by Gasteiger charge is 2.24. The minimum absolute atomic E-state index is 0.149. The average Bonchev–Trinajstić information content (AvgIpc) is 3.57. The van der Waals surface area contributed by atoms with E-state index in [1.54, 1.807) is 10.9 Å². The van der Waals surface area contributed by atoms with E-state index < -0.39 is 10.8 Å². The Morgan fingerprint density at radius 1 is 0.484 bits per heavy atom. The van der Waals surface area contributed by atoms with Gasteiger partial charge in [0.25, 0.3) is 0 Å². The van der Waals surface area contributed by atoms with Crippen LogP contribution >= 0.6 is 0 Å². The summed E-state index contributed by atoms with van der Waals surface area (Å²) < 4.78 is 33.3. The highest BCUT2D eigenvalue weighted by molar-refractivity contribution is 5.83. The zero-order valence-corrected chi connectivity index (χ0v) is 42.9. The summed E-state index contributed by atoms with van der Waals surface area (Å²) >= 11 is 0. The second kappa shape index (κ2) is 30.3. The fraction of sp³-hybridized carbons (Fsp3) is 0.878. The molecular formula is C49H93N3O10. The molecule has 1 rings (SSSR count). The van der Waals surface area contributed by atoms with E-state index in [2.05, 4.69) is 72.6 Å².